The molecular formula is C29H23N5O4. The van der Waals surface area contributed by atoms with Crippen molar-refractivity contribution < 1.29 is 19.1 Å². The zero-order valence-corrected chi connectivity index (χ0v) is 20.2. The van der Waals surface area contributed by atoms with E-state index in [4.69, 9.17) is 4.74 Å². The largest absolute Gasteiger partial charge is 0.445 e. The predicted molar refractivity (Wildman–Crippen MR) is 141 cm³/mol. The molecule has 0 fully saturated rings. The van der Waals surface area contributed by atoms with Crippen molar-refractivity contribution in [1.82, 2.24) is 20.3 Å². The Morgan fingerprint density at radius 1 is 0.789 bits per heavy atom. The molecule has 2 N–H and O–H groups in total. The number of hydrogen-bond acceptors (Lipinski definition) is 6. The number of amides is 2. The molecule has 0 aliphatic rings. The normalized spacial score (nSPS) is 11.5. The van der Waals surface area contributed by atoms with Gasteiger partial charge in [-0.05, 0) is 29.8 Å². The number of alkyl carbamates (subject to hydrolysis) is 1. The number of para-hydroxylation sites is 2. The lowest BCUT2D eigenvalue weighted by molar-refractivity contribution is -0.120. The van der Waals surface area contributed by atoms with Gasteiger partial charge in [-0.15, -0.1) is 5.10 Å². The number of carbonyl (C=O) groups is 3. The second kappa shape index (κ2) is 11.2. The maximum atomic E-state index is 13.6. The van der Waals surface area contributed by atoms with E-state index in [9.17, 15) is 14.4 Å². The molecule has 4 aromatic carbocycles. The highest BCUT2D eigenvalue weighted by Crippen LogP contribution is 2.22. The molecule has 9 nitrogen and oxygen atoms in total. The van der Waals surface area contributed by atoms with Gasteiger partial charge in [0.05, 0.1) is 11.2 Å². The Bertz CT molecular complexity index is 1580. The van der Waals surface area contributed by atoms with E-state index < -0.39 is 18.2 Å². The summed E-state index contributed by atoms with van der Waals surface area (Å²) < 4.78 is 6.64. The summed E-state index contributed by atoms with van der Waals surface area (Å²) in [6.45, 7) is 0.0214. The first-order valence-electron chi connectivity index (χ1n) is 11.9. The number of fused-ring (bicyclic) bond motifs is 1. The topological polar surface area (TPSA) is 115 Å². The summed E-state index contributed by atoms with van der Waals surface area (Å²) in [5.74, 6) is -0.884. The monoisotopic (exact) mass is 505 g/mol. The molecule has 1 unspecified atom stereocenters. The summed E-state index contributed by atoms with van der Waals surface area (Å²) in [7, 11) is 0. The quantitative estimate of drug-likeness (QED) is 0.295. The van der Waals surface area contributed by atoms with E-state index in [1.165, 1.54) is 4.68 Å². The van der Waals surface area contributed by atoms with Gasteiger partial charge in [-0.3, -0.25) is 14.9 Å². The third kappa shape index (κ3) is 5.41. The zero-order chi connectivity index (χ0) is 26.3. The van der Waals surface area contributed by atoms with E-state index in [1.807, 2.05) is 36.4 Å². The average molecular weight is 506 g/mol. The predicted octanol–water partition coefficient (Wildman–Crippen LogP) is 4.73. The molecule has 1 atom stereocenters. The first kappa shape index (κ1) is 24.4. The Labute approximate surface area is 218 Å². The van der Waals surface area contributed by atoms with Crippen molar-refractivity contribution in [2.24, 2.45) is 0 Å². The minimum absolute atomic E-state index is 0.0214. The molecule has 5 rings (SSSR count). The van der Waals surface area contributed by atoms with Crippen LogP contribution in [-0.4, -0.2) is 32.8 Å². The van der Waals surface area contributed by atoms with Crippen LogP contribution in [0.15, 0.2) is 109 Å². The lowest BCUT2D eigenvalue weighted by atomic mass is 10.0. The molecule has 5 aromatic rings. The Hall–Kier alpha value is -5.31. The van der Waals surface area contributed by atoms with Crippen LogP contribution in [0.3, 0.4) is 0 Å². The van der Waals surface area contributed by atoms with Crippen LogP contribution in [0.2, 0.25) is 0 Å². The van der Waals surface area contributed by atoms with Gasteiger partial charge in [-0.25, -0.2) is 9.48 Å². The van der Waals surface area contributed by atoms with Gasteiger partial charge in [0.1, 0.15) is 12.1 Å². The van der Waals surface area contributed by atoms with Crippen molar-refractivity contribution in [2.75, 3.05) is 5.32 Å². The van der Waals surface area contributed by atoms with E-state index in [-0.39, 0.29) is 12.4 Å². The van der Waals surface area contributed by atoms with E-state index in [0.29, 0.717) is 27.8 Å². The van der Waals surface area contributed by atoms with Gasteiger partial charge in [-0.2, -0.15) is 0 Å². The van der Waals surface area contributed by atoms with Crippen LogP contribution in [0.1, 0.15) is 27.7 Å². The third-order valence-corrected chi connectivity index (χ3v) is 5.80. The van der Waals surface area contributed by atoms with Crippen molar-refractivity contribution in [3.05, 3.63) is 126 Å². The minimum Gasteiger partial charge on any atom is -0.445 e. The Kier molecular flexibility index (Phi) is 7.17. The van der Waals surface area contributed by atoms with E-state index in [0.717, 1.165) is 5.56 Å². The average Bonchev–Trinajstić information content (AvgIpc) is 3.39. The molecule has 188 valence electrons. The van der Waals surface area contributed by atoms with E-state index in [2.05, 4.69) is 20.9 Å². The number of hydrogen-bond donors (Lipinski definition) is 2. The fourth-order valence-corrected chi connectivity index (χ4v) is 3.93. The molecule has 38 heavy (non-hydrogen) atoms. The van der Waals surface area contributed by atoms with Crippen molar-refractivity contribution >= 4 is 34.5 Å². The molecule has 0 saturated heterocycles. The summed E-state index contributed by atoms with van der Waals surface area (Å²) in [5.41, 5.74) is 2.95. The fourth-order valence-electron chi connectivity index (χ4n) is 3.93. The maximum Gasteiger partial charge on any atom is 0.409 e. The minimum atomic E-state index is -1.31. The smallest absolute Gasteiger partial charge is 0.409 e. The lowest BCUT2D eigenvalue weighted by Gasteiger charge is -2.20. The SMILES string of the molecule is O=C(NC(C(=O)Nc1ccccc1C(=O)c1ccccc1)n1nnc2ccccc21)OCc1ccccc1. The summed E-state index contributed by atoms with van der Waals surface area (Å²) in [4.78, 5) is 39.5. The molecule has 0 aliphatic carbocycles. The number of nitrogens with one attached hydrogen (secondary N) is 2. The third-order valence-electron chi connectivity index (χ3n) is 5.80. The number of ether oxygens (including phenoxy) is 1. The van der Waals surface area contributed by atoms with Crippen molar-refractivity contribution in [3.63, 3.8) is 0 Å². The Balaban J connectivity index is 1.41. The van der Waals surface area contributed by atoms with Crippen LogP contribution in [0.4, 0.5) is 10.5 Å². The van der Waals surface area contributed by atoms with E-state index >= 15 is 0 Å². The summed E-state index contributed by atoms with van der Waals surface area (Å²) >= 11 is 0. The highest BCUT2D eigenvalue weighted by Gasteiger charge is 2.27. The molecule has 1 aromatic heterocycles. The van der Waals surface area contributed by atoms with Crippen LogP contribution in [0.5, 0.6) is 0 Å². The van der Waals surface area contributed by atoms with Gasteiger partial charge in [-0.1, -0.05) is 90.1 Å². The number of anilines is 1. The van der Waals surface area contributed by atoms with Crippen LogP contribution in [-0.2, 0) is 16.1 Å². The van der Waals surface area contributed by atoms with Crippen molar-refractivity contribution in [2.45, 2.75) is 12.8 Å². The number of nitrogens with zero attached hydrogens (tertiary/aromatic N) is 3. The van der Waals surface area contributed by atoms with Crippen molar-refractivity contribution in [3.8, 4) is 0 Å². The summed E-state index contributed by atoms with van der Waals surface area (Å²) in [5, 5.41) is 13.6. The molecule has 0 radical (unpaired) electrons. The summed E-state index contributed by atoms with van der Waals surface area (Å²) in [6, 6.07) is 31.7. The second-order valence-electron chi connectivity index (χ2n) is 8.36. The summed E-state index contributed by atoms with van der Waals surface area (Å²) in [6.07, 6.45) is -2.13. The van der Waals surface area contributed by atoms with Gasteiger partial charge < -0.3 is 10.1 Å². The second-order valence-corrected chi connectivity index (χ2v) is 8.36. The Morgan fingerprint density at radius 2 is 1.45 bits per heavy atom. The number of ketones is 1. The zero-order valence-electron chi connectivity index (χ0n) is 20.2. The standard InChI is InChI=1S/C29H23N5O4/c35-26(21-13-5-2-6-14-21)22-15-7-8-16-23(22)30-28(36)27(34-25-18-10-9-17-24(25)32-33-34)31-29(37)38-19-20-11-3-1-4-12-20/h1-18,27H,19H2,(H,30,36)(H,31,37). The van der Waals surface area contributed by atoms with Gasteiger partial charge in [0.15, 0.2) is 5.78 Å². The van der Waals surface area contributed by atoms with Crippen LogP contribution >= 0.6 is 0 Å². The molecule has 2 amide bonds. The van der Waals surface area contributed by atoms with Crippen LogP contribution < -0.4 is 10.6 Å². The van der Waals surface area contributed by atoms with Crippen LogP contribution in [0, 0.1) is 0 Å². The van der Waals surface area contributed by atoms with Gasteiger partial charge in [0.2, 0.25) is 6.17 Å². The van der Waals surface area contributed by atoms with Crippen molar-refractivity contribution in [1.29, 1.82) is 0 Å². The number of rotatable bonds is 8. The molecular weight excluding hydrogens is 482 g/mol. The molecule has 0 bridgehead atoms. The molecule has 0 aliphatic heterocycles. The highest BCUT2D eigenvalue weighted by atomic mass is 16.5. The van der Waals surface area contributed by atoms with Gasteiger partial charge in [0, 0.05) is 11.1 Å². The van der Waals surface area contributed by atoms with E-state index in [1.54, 1.807) is 72.8 Å². The van der Waals surface area contributed by atoms with Gasteiger partial charge in [0.25, 0.3) is 5.91 Å². The molecule has 0 spiro atoms. The first-order valence-corrected chi connectivity index (χ1v) is 11.9. The molecule has 1 heterocycles. The number of benzene rings is 4. The van der Waals surface area contributed by atoms with Gasteiger partial charge >= 0.3 is 6.09 Å². The van der Waals surface area contributed by atoms with Crippen LogP contribution in [0.25, 0.3) is 11.0 Å². The number of carbonyl (C=O) groups excluding carboxylic acids is 3. The lowest BCUT2D eigenvalue weighted by Crippen LogP contribution is -2.41. The fraction of sp³-hybridized carbons (Fsp3) is 0.0690. The Morgan fingerprint density at radius 3 is 2.24 bits per heavy atom. The number of aromatic nitrogens is 3. The maximum absolute atomic E-state index is 13.6. The first-order chi connectivity index (χ1) is 18.6. The molecule has 9 heteroatoms. The molecule has 0 saturated carbocycles. The highest BCUT2D eigenvalue weighted by molar-refractivity contribution is 6.14.